The van der Waals surface area contributed by atoms with Crippen LogP contribution in [0.3, 0.4) is 0 Å². The van der Waals surface area contributed by atoms with Gasteiger partial charge >= 0.3 is 0 Å². The molecule has 0 aromatic heterocycles. The summed E-state index contributed by atoms with van der Waals surface area (Å²) in [6.07, 6.45) is 0. The van der Waals surface area contributed by atoms with Crippen molar-refractivity contribution in [3.63, 3.8) is 0 Å². The molecule has 0 fully saturated rings. The van der Waals surface area contributed by atoms with Gasteiger partial charge < -0.3 is 5.32 Å². The fourth-order valence-corrected chi connectivity index (χ4v) is 4.01. The monoisotopic (exact) mass is 391 g/mol. The zero-order valence-corrected chi connectivity index (χ0v) is 15.8. The molecule has 0 saturated heterocycles. The van der Waals surface area contributed by atoms with Crippen molar-refractivity contribution in [2.45, 2.75) is 32.2 Å². The van der Waals surface area contributed by atoms with Crippen LogP contribution in [-0.4, -0.2) is 25.3 Å². The summed E-state index contributed by atoms with van der Waals surface area (Å²) in [5.74, 6) is -0.676. The lowest BCUT2D eigenvalue weighted by atomic mass is 10.1. The molecule has 0 bridgehead atoms. The smallest absolute Gasteiger partial charge is 0.270 e. The van der Waals surface area contributed by atoms with E-state index in [1.165, 1.54) is 24.3 Å². The van der Waals surface area contributed by atoms with Crippen LogP contribution >= 0.6 is 0 Å². The van der Waals surface area contributed by atoms with E-state index in [4.69, 9.17) is 0 Å². The van der Waals surface area contributed by atoms with Crippen molar-refractivity contribution >= 4 is 21.6 Å². The minimum Gasteiger partial charge on any atom is -0.348 e. The van der Waals surface area contributed by atoms with Crippen LogP contribution in [0.4, 0.5) is 5.69 Å². The summed E-state index contributed by atoms with van der Waals surface area (Å²) < 4.78 is 26.8. The average molecular weight is 391 g/mol. The zero-order chi connectivity index (χ0) is 20.0. The van der Waals surface area contributed by atoms with E-state index >= 15 is 0 Å². The van der Waals surface area contributed by atoms with E-state index in [2.05, 4.69) is 10.0 Å². The van der Waals surface area contributed by atoms with Gasteiger partial charge in [-0.2, -0.15) is 0 Å². The van der Waals surface area contributed by atoms with Crippen LogP contribution in [0.15, 0.2) is 48.5 Å². The number of nitrogens with one attached hydrogen (secondary N) is 2. The molecule has 0 saturated carbocycles. The molecule has 0 radical (unpaired) electrons. The molecule has 0 aliphatic heterocycles. The second-order valence-corrected chi connectivity index (χ2v) is 8.04. The molecule has 0 atom stereocenters. The normalized spacial score (nSPS) is 11.4. The van der Waals surface area contributed by atoms with Gasteiger partial charge in [-0.3, -0.25) is 14.9 Å². The summed E-state index contributed by atoms with van der Waals surface area (Å²) >= 11 is 0. The van der Waals surface area contributed by atoms with Gasteiger partial charge in [0.15, 0.2) is 0 Å². The Morgan fingerprint density at radius 3 is 2.41 bits per heavy atom. The Labute approximate surface area is 157 Å². The van der Waals surface area contributed by atoms with E-state index in [0.717, 1.165) is 0 Å². The highest BCUT2D eigenvalue weighted by Crippen LogP contribution is 2.15. The first kappa shape index (κ1) is 20.5. The molecular weight excluding hydrogens is 370 g/mol. The molecule has 0 unspecified atom stereocenters. The van der Waals surface area contributed by atoms with Crippen molar-refractivity contribution in [3.8, 4) is 0 Å². The van der Waals surface area contributed by atoms with Crippen LogP contribution in [-0.2, 0) is 22.3 Å². The molecule has 2 aromatic carbocycles. The number of hydrogen-bond acceptors (Lipinski definition) is 5. The second kappa shape index (κ2) is 8.74. The van der Waals surface area contributed by atoms with E-state index in [0.29, 0.717) is 11.1 Å². The summed E-state index contributed by atoms with van der Waals surface area (Å²) in [5, 5.41) is 13.5. The van der Waals surface area contributed by atoms with Gasteiger partial charge in [-0.1, -0.05) is 30.3 Å². The minimum atomic E-state index is -3.50. The van der Waals surface area contributed by atoms with Crippen molar-refractivity contribution in [2.75, 3.05) is 0 Å². The molecule has 0 aliphatic carbocycles. The van der Waals surface area contributed by atoms with Crippen molar-refractivity contribution in [1.29, 1.82) is 0 Å². The van der Waals surface area contributed by atoms with Gasteiger partial charge in [0, 0.05) is 30.3 Å². The van der Waals surface area contributed by atoms with Crippen molar-refractivity contribution in [1.82, 2.24) is 10.0 Å². The number of non-ortho nitro benzene ring substituents is 1. The largest absolute Gasteiger partial charge is 0.348 e. The van der Waals surface area contributed by atoms with Crippen LogP contribution in [0, 0.1) is 10.1 Å². The summed E-state index contributed by atoms with van der Waals surface area (Å²) in [6.45, 7) is 3.58. The molecule has 0 aliphatic rings. The highest BCUT2D eigenvalue weighted by Gasteiger charge is 2.16. The Kier molecular flexibility index (Phi) is 6.65. The Morgan fingerprint density at radius 2 is 1.78 bits per heavy atom. The Bertz CT molecular complexity index is 942. The number of nitrogens with zero attached hydrogens (tertiary/aromatic N) is 1. The summed E-state index contributed by atoms with van der Waals surface area (Å²) in [6, 6.07) is 12.1. The average Bonchev–Trinajstić information content (AvgIpc) is 2.59. The van der Waals surface area contributed by atoms with Gasteiger partial charge in [0.2, 0.25) is 10.0 Å². The first-order valence-electron chi connectivity index (χ1n) is 8.27. The highest BCUT2D eigenvalue weighted by atomic mass is 32.2. The number of hydrogen-bond donors (Lipinski definition) is 2. The first-order valence-corrected chi connectivity index (χ1v) is 9.92. The number of nitro benzene ring substituents is 1. The number of sulfonamides is 1. The highest BCUT2D eigenvalue weighted by molar-refractivity contribution is 7.88. The van der Waals surface area contributed by atoms with Crippen molar-refractivity contribution in [3.05, 3.63) is 75.3 Å². The van der Waals surface area contributed by atoms with Crippen LogP contribution in [0.2, 0.25) is 0 Å². The maximum Gasteiger partial charge on any atom is 0.270 e. The van der Waals surface area contributed by atoms with Crippen LogP contribution in [0.5, 0.6) is 0 Å². The molecule has 9 heteroatoms. The SMILES string of the molecule is CC(C)NS(=O)(=O)Cc1ccccc1CNC(=O)c1cccc([N+](=O)[O-])c1. The third-order valence-electron chi connectivity index (χ3n) is 3.64. The standard InChI is InChI=1S/C18H21N3O5S/c1-13(2)20-27(25,26)12-16-7-4-3-6-15(16)11-19-18(22)14-8-5-9-17(10-14)21(23)24/h3-10,13,20H,11-12H2,1-2H3,(H,19,22). The molecule has 144 valence electrons. The number of nitro groups is 1. The molecule has 2 N–H and O–H groups in total. The maximum absolute atomic E-state index is 12.3. The maximum atomic E-state index is 12.3. The molecule has 0 spiro atoms. The number of benzene rings is 2. The van der Waals surface area contributed by atoms with Gasteiger partial charge in [-0.05, 0) is 31.0 Å². The summed E-state index contributed by atoms with van der Waals surface area (Å²) in [4.78, 5) is 22.5. The van der Waals surface area contributed by atoms with Gasteiger partial charge in [0.1, 0.15) is 0 Å². The van der Waals surface area contributed by atoms with Crippen LogP contribution in [0.1, 0.15) is 35.3 Å². The third-order valence-corrected chi connectivity index (χ3v) is 5.16. The van der Waals surface area contributed by atoms with E-state index < -0.39 is 20.9 Å². The molecular formula is C18H21N3O5S. The third kappa shape index (κ3) is 6.15. The fourth-order valence-electron chi connectivity index (χ4n) is 2.51. The topological polar surface area (TPSA) is 118 Å². The van der Waals surface area contributed by atoms with Crippen molar-refractivity contribution < 1.29 is 18.1 Å². The molecule has 2 aromatic rings. The Hall–Kier alpha value is -2.78. The summed E-state index contributed by atoms with van der Waals surface area (Å²) in [7, 11) is -3.50. The Balaban J connectivity index is 2.11. The number of amides is 1. The lowest BCUT2D eigenvalue weighted by Crippen LogP contribution is -2.32. The van der Waals surface area contributed by atoms with Gasteiger partial charge in [-0.25, -0.2) is 13.1 Å². The summed E-state index contributed by atoms with van der Waals surface area (Å²) in [5.41, 5.74) is 1.22. The number of carbonyl (C=O) groups excluding carboxylic acids is 1. The number of carbonyl (C=O) groups is 1. The lowest BCUT2D eigenvalue weighted by Gasteiger charge is -2.13. The fraction of sp³-hybridized carbons (Fsp3) is 0.278. The molecule has 8 nitrogen and oxygen atoms in total. The lowest BCUT2D eigenvalue weighted by molar-refractivity contribution is -0.384. The predicted molar refractivity (Wildman–Crippen MR) is 102 cm³/mol. The van der Waals surface area contributed by atoms with Crippen LogP contribution < -0.4 is 10.0 Å². The van der Waals surface area contributed by atoms with E-state index in [1.807, 2.05) is 0 Å². The minimum absolute atomic E-state index is 0.106. The van der Waals surface area contributed by atoms with E-state index in [9.17, 15) is 23.3 Å². The number of rotatable bonds is 8. The van der Waals surface area contributed by atoms with Crippen molar-refractivity contribution in [2.24, 2.45) is 0 Å². The van der Waals surface area contributed by atoms with Gasteiger partial charge in [-0.15, -0.1) is 0 Å². The molecule has 2 rings (SSSR count). The van der Waals surface area contributed by atoms with E-state index in [-0.39, 0.29) is 29.6 Å². The van der Waals surface area contributed by atoms with Gasteiger partial charge in [0.05, 0.1) is 10.7 Å². The molecule has 0 heterocycles. The second-order valence-electron chi connectivity index (χ2n) is 6.29. The van der Waals surface area contributed by atoms with Crippen LogP contribution in [0.25, 0.3) is 0 Å². The molecule has 27 heavy (non-hydrogen) atoms. The van der Waals surface area contributed by atoms with Gasteiger partial charge in [0.25, 0.3) is 11.6 Å². The first-order chi connectivity index (χ1) is 12.7. The van der Waals surface area contributed by atoms with E-state index in [1.54, 1.807) is 38.1 Å². The molecule has 1 amide bonds. The predicted octanol–water partition coefficient (Wildman–Crippen LogP) is 2.35. The Morgan fingerprint density at radius 1 is 1.11 bits per heavy atom. The quantitative estimate of drug-likeness (QED) is 0.529. The zero-order valence-electron chi connectivity index (χ0n) is 15.0.